The van der Waals surface area contributed by atoms with Gasteiger partial charge in [0.15, 0.2) is 0 Å². The van der Waals surface area contributed by atoms with Crippen molar-refractivity contribution in [3.8, 4) is 0 Å². The number of rotatable bonds is 0. The summed E-state index contributed by atoms with van der Waals surface area (Å²) in [7, 11) is 0. The van der Waals surface area contributed by atoms with Crippen LogP contribution in [0.5, 0.6) is 0 Å². The maximum Gasteiger partial charge on any atom is 0.121 e. The largest absolute Gasteiger partial charge is 0.385 e. The van der Waals surface area contributed by atoms with Crippen molar-refractivity contribution in [1.29, 1.82) is 0 Å². The molecule has 3 unspecified atom stereocenters. The minimum Gasteiger partial charge on any atom is -0.385 e. The van der Waals surface area contributed by atoms with Crippen LogP contribution in [0.4, 0.5) is 4.39 Å². The molecule has 1 fully saturated rings. The van der Waals surface area contributed by atoms with Crippen LogP contribution in [0.1, 0.15) is 19.3 Å². The van der Waals surface area contributed by atoms with E-state index < -0.39 is 6.17 Å². The van der Waals surface area contributed by atoms with Crippen molar-refractivity contribution in [3.05, 3.63) is 12.3 Å². The van der Waals surface area contributed by atoms with Crippen molar-refractivity contribution in [2.24, 2.45) is 5.92 Å². The lowest BCUT2D eigenvalue weighted by Crippen LogP contribution is -2.39. The van der Waals surface area contributed by atoms with Gasteiger partial charge in [-0.2, -0.15) is 0 Å². The zero-order valence-electron chi connectivity index (χ0n) is 5.89. The molecule has 10 heavy (non-hydrogen) atoms. The minimum absolute atomic E-state index is 0.105. The average molecular weight is 141 g/mol. The molecule has 1 nitrogen and oxygen atoms in total. The van der Waals surface area contributed by atoms with Crippen LogP contribution in [0, 0.1) is 5.92 Å². The maximum absolute atomic E-state index is 13.0. The van der Waals surface area contributed by atoms with Gasteiger partial charge in [0.2, 0.25) is 0 Å². The van der Waals surface area contributed by atoms with E-state index in [1.165, 1.54) is 0 Å². The molecule has 0 aromatic rings. The van der Waals surface area contributed by atoms with Crippen molar-refractivity contribution in [2.75, 3.05) is 0 Å². The standard InChI is InChI=1S/C8H12FN/c9-7-3-1-2-6-4-5-10-8(6)7/h4-8,10H,1-3H2. The predicted molar refractivity (Wildman–Crippen MR) is 38.3 cm³/mol. The highest BCUT2D eigenvalue weighted by Gasteiger charge is 2.33. The first kappa shape index (κ1) is 6.20. The molecule has 0 amide bonds. The SMILES string of the molecule is FC1CCCC2C=CNC12. The van der Waals surface area contributed by atoms with E-state index in [9.17, 15) is 4.39 Å². The molecule has 0 radical (unpaired) electrons. The molecule has 2 aliphatic rings. The molecule has 1 saturated carbocycles. The fraction of sp³-hybridized carbons (Fsp3) is 0.750. The van der Waals surface area contributed by atoms with Crippen LogP contribution in [0.15, 0.2) is 12.3 Å². The van der Waals surface area contributed by atoms with Gasteiger partial charge >= 0.3 is 0 Å². The molecule has 2 rings (SSSR count). The molecule has 3 atom stereocenters. The predicted octanol–water partition coefficient (Wildman–Crippen LogP) is 1.61. The molecule has 56 valence electrons. The van der Waals surface area contributed by atoms with Crippen LogP contribution in [0.25, 0.3) is 0 Å². The second-order valence-electron chi connectivity index (χ2n) is 3.16. The summed E-state index contributed by atoms with van der Waals surface area (Å²) in [5, 5.41) is 3.05. The number of hydrogen-bond donors (Lipinski definition) is 1. The van der Waals surface area contributed by atoms with Crippen LogP contribution in [0.3, 0.4) is 0 Å². The first-order valence-corrected chi connectivity index (χ1v) is 3.95. The molecule has 1 aliphatic carbocycles. The minimum atomic E-state index is -0.617. The second kappa shape index (κ2) is 2.26. The Morgan fingerprint density at radius 3 is 3.10 bits per heavy atom. The van der Waals surface area contributed by atoms with E-state index in [2.05, 4.69) is 11.4 Å². The number of nitrogens with one attached hydrogen (secondary N) is 1. The van der Waals surface area contributed by atoms with Crippen LogP contribution in [0.2, 0.25) is 0 Å². The fourth-order valence-corrected chi connectivity index (χ4v) is 1.91. The van der Waals surface area contributed by atoms with E-state index in [-0.39, 0.29) is 6.04 Å². The second-order valence-corrected chi connectivity index (χ2v) is 3.16. The van der Waals surface area contributed by atoms with E-state index in [1.54, 1.807) is 0 Å². The zero-order chi connectivity index (χ0) is 6.97. The van der Waals surface area contributed by atoms with Crippen molar-refractivity contribution in [3.63, 3.8) is 0 Å². The first-order chi connectivity index (χ1) is 4.88. The lowest BCUT2D eigenvalue weighted by Gasteiger charge is -2.28. The summed E-state index contributed by atoms with van der Waals surface area (Å²) in [5.74, 6) is 0.476. The van der Waals surface area contributed by atoms with Crippen LogP contribution < -0.4 is 5.32 Å². The molecule has 0 saturated heterocycles. The van der Waals surface area contributed by atoms with Crippen molar-refractivity contribution >= 4 is 0 Å². The summed E-state index contributed by atoms with van der Waals surface area (Å²) >= 11 is 0. The Balaban J connectivity index is 2.07. The van der Waals surface area contributed by atoms with Crippen LogP contribution >= 0.6 is 0 Å². The Labute approximate surface area is 60.3 Å². The summed E-state index contributed by atoms with van der Waals surface area (Å²) in [5.41, 5.74) is 0. The summed E-state index contributed by atoms with van der Waals surface area (Å²) in [4.78, 5) is 0. The topological polar surface area (TPSA) is 12.0 Å². The van der Waals surface area contributed by atoms with Crippen molar-refractivity contribution in [1.82, 2.24) is 5.32 Å². The molecule has 0 aromatic heterocycles. The van der Waals surface area contributed by atoms with E-state index >= 15 is 0 Å². The van der Waals surface area contributed by atoms with Gasteiger partial charge in [-0.3, -0.25) is 0 Å². The Kier molecular flexibility index (Phi) is 1.40. The lowest BCUT2D eigenvalue weighted by atomic mass is 9.85. The summed E-state index contributed by atoms with van der Waals surface area (Å²) < 4.78 is 13.0. The normalized spacial score (nSPS) is 44.7. The summed E-state index contributed by atoms with van der Waals surface area (Å²) in [6, 6.07) is 0.105. The Hall–Kier alpha value is -0.530. The zero-order valence-corrected chi connectivity index (χ0v) is 5.89. The van der Waals surface area contributed by atoms with Gasteiger partial charge in [0.1, 0.15) is 6.17 Å². The maximum atomic E-state index is 13.0. The summed E-state index contributed by atoms with van der Waals surface area (Å²) in [6.07, 6.45) is 6.33. The van der Waals surface area contributed by atoms with Gasteiger partial charge < -0.3 is 5.32 Å². The Morgan fingerprint density at radius 2 is 2.30 bits per heavy atom. The van der Waals surface area contributed by atoms with Crippen molar-refractivity contribution in [2.45, 2.75) is 31.5 Å². The molecular formula is C8H12FN. The summed E-state index contributed by atoms with van der Waals surface area (Å²) in [6.45, 7) is 0. The van der Waals surface area contributed by atoms with Gasteiger partial charge in [-0.1, -0.05) is 6.08 Å². The number of fused-ring (bicyclic) bond motifs is 1. The van der Waals surface area contributed by atoms with Crippen LogP contribution in [-0.2, 0) is 0 Å². The average Bonchev–Trinajstić information content (AvgIpc) is 2.36. The highest BCUT2D eigenvalue weighted by Crippen LogP contribution is 2.30. The Morgan fingerprint density at radius 1 is 1.40 bits per heavy atom. The van der Waals surface area contributed by atoms with E-state index in [0.717, 1.165) is 19.3 Å². The molecule has 0 bridgehead atoms. The van der Waals surface area contributed by atoms with Gasteiger partial charge in [0.25, 0.3) is 0 Å². The van der Waals surface area contributed by atoms with Gasteiger partial charge in [0, 0.05) is 5.92 Å². The molecule has 0 aromatic carbocycles. The number of alkyl halides is 1. The molecule has 0 spiro atoms. The quantitative estimate of drug-likeness (QED) is 0.540. The fourth-order valence-electron chi connectivity index (χ4n) is 1.91. The van der Waals surface area contributed by atoms with Gasteiger partial charge in [0.05, 0.1) is 6.04 Å². The van der Waals surface area contributed by atoms with Gasteiger partial charge in [-0.05, 0) is 25.5 Å². The molecular weight excluding hydrogens is 129 g/mol. The third-order valence-electron chi connectivity index (χ3n) is 2.50. The van der Waals surface area contributed by atoms with Gasteiger partial charge in [-0.15, -0.1) is 0 Å². The smallest absolute Gasteiger partial charge is 0.121 e. The third kappa shape index (κ3) is 0.825. The Bertz CT molecular complexity index is 155. The highest BCUT2D eigenvalue weighted by atomic mass is 19.1. The monoisotopic (exact) mass is 141 g/mol. The molecule has 2 heteroatoms. The number of hydrogen-bond acceptors (Lipinski definition) is 1. The van der Waals surface area contributed by atoms with E-state index in [0.29, 0.717) is 5.92 Å². The molecule has 1 aliphatic heterocycles. The third-order valence-corrected chi connectivity index (χ3v) is 2.50. The number of halogens is 1. The highest BCUT2D eigenvalue weighted by molar-refractivity contribution is 5.06. The molecule has 1 N–H and O–H groups in total. The van der Waals surface area contributed by atoms with E-state index in [4.69, 9.17) is 0 Å². The van der Waals surface area contributed by atoms with E-state index in [1.807, 2.05) is 6.20 Å². The van der Waals surface area contributed by atoms with Gasteiger partial charge in [-0.25, -0.2) is 4.39 Å². The van der Waals surface area contributed by atoms with Crippen LogP contribution in [-0.4, -0.2) is 12.2 Å². The lowest BCUT2D eigenvalue weighted by molar-refractivity contribution is 0.178. The van der Waals surface area contributed by atoms with Crippen molar-refractivity contribution < 1.29 is 4.39 Å². The molecule has 1 heterocycles. The first-order valence-electron chi connectivity index (χ1n) is 3.95.